The second-order valence-electron chi connectivity index (χ2n) is 4.08. The molecule has 0 aromatic rings. The molecule has 3 heteroatoms. The molecule has 0 saturated carbocycles. The highest BCUT2D eigenvalue weighted by molar-refractivity contribution is 6.69. The van der Waals surface area contributed by atoms with Gasteiger partial charge in [-0.1, -0.05) is 0 Å². The molecule has 1 aliphatic rings. The van der Waals surface area contributed by atoms with Gasteiger partial charge in [0.05, 0.1) is 6.61 Å². The quantitative estimate of drug-likeness (QED) is 0.617. The number of ether oxygens (including phenoxy) is 1. The van der Waals surface area contributed by atoms with Gasteiger partial charge in [0.1, 0.15) is 0 Å². The summed E-state index contributed by atoms with van der Waals surface area (Å²) >= 11 is 0. The summed E-state index contributed by atoms with van der Waals surface area (Å²) in [5.74, 6) is 0.770. The zero-order valence-corrected chi connectivity index (χ0v) is 9.22. The van der Waals surface area contributed by atoms with E-state index in [0.717, 1.165) is 25.4 Å². The highest BCUT2D eigenvalue weighted by atomic mass is 28.4. The number of hydrogen-bond acceptors (Lipinski definition) is 2. The van der Waals surface area contributed by atoms with E-state index in [1.54, 1.807) is 0 Å². The fourth-order valence-electron chi connectivity index (χ4n) is 1.07. The predicted molar refractivity (Wildman–Crippen MR) is 52.3 cm³/mol. The van der Waals surface area contributed by atoms with E-state index in [4.69, 9.17) is 9.16 Å². The topological polar surface area (TPSA) is 18.5 Å². The smallest absolute Gasteiger partial charge is 0.261 e. The second-order valence-corrected chi connectivity index (χ2v) is 8.51. The lowest BCUT2D eigenvalue weighted by molar-refractivity contribution is 0.105. The summed E-state index contributed by atoms with van der Waals surface area (Å²) in [5.41, 5.74) is 0. The first-order valence-corrected chi connectivity index (χ1v) is 8.01. The summed E-state index contributed by atoms with van der Waals surface area (Å²) in [4.78, 5) is 0. The lowest BCUT2D eigenvalue weighted by Crippen LogP contribution is -2.25. The average Bonchev–Trinajstić information content (AvgIpc) is 2.12. The van der Waals surface area contributed by atoms with Gasteiger partial charge in [-0.3, -0.25) is 0 Å². The van der Waals surface area contributed by atoms with Crippen molar-refractivity contribution in [1.29, 1.82) is 0 Å². The zero-order valence-electron chi connectivity index (χ0n) is 8.22. The summed E-state index contributed by atoms with van der Waals surface area (Å²) in [7, 11) is -1.46. The van der Waals surface area contributed by atoms with Crippen LogP contribution in [0, 0.1) is 0 Å². The van der Waals surface area contributed by atoms with E-state index in [9.17, 15) is 0 Å². The van der Waals surface area contributed by atoms with Crippen molar-refractivity contribution in [3.05, 3.63) is 12.0 Å². The Morgan fingerprint density at radius 1 is 1.33 bits per heavy atom. The fraction of sp³-hybridized carbons (Fsp3) is 0.778. The third-order valence-electron chi connectivity index (χ3n) is 1.56. The number of allylic oxidation sites excluding steroid dienone is 1. The SMILES string of the molecule is C[Si](C)(C)OC1=CCCCCO1. The monoisotopic (exact) mass is 186 g/mol. The third kappa shape index (κ3) is 3.81. The minimum Gasteiger partial charge on any atom is -0.520 e. The first-order chi connectivity index (χ1) is 5.58. The standard InChI is InChI=1S/C9H18O2Si/c1-12(2,3)11-9-7-5-4-6-8-10-9/h7H,4-6,8H2,1-3H3. The molecule has 0 aromatic carbocycles. The molecule has 1 heterocycles. The molecule has 0 aromatic heterocycles. The van der Waals surface area contributed by atoms with E-state index in [0.29, 0.717) is 0 Å². The summed E-state index contributed by atoms with van der Waals surface area (Å²) < 4.78 is 11.2. The van der Waals surface area contributed by atoms with Gasteiger partial charge in [-0.15, -0.1) is 0 Å². The summed E-state index contributed by atoms with van der Waals surface area (Å²) in [6.45, 7) is 7.32. The van der Waals surface area contributed by atoms with Gasteiger partial charge >= 0.3 is 0 Å². The molecule has 0 fully saturated rings. The van der Waals surface area contributed by atoms with Crippen molar-refractivity contribution in [3.8, 4) is 0 Å². The Morgan fingerprint density at radius 2 is 2.08 bits per heavy atom. The Kier molecular flexibility index (Phi) is 3.20. The van der Waals surface area contributed by atoms with Crippen LogP contribution in [0.2, 0.25) is 19.6 Å². The van der Waals surface area contributed by atoms with Crippen LogP contribution >= 0.6 is 0 Å². The van der Waals surface area contributed by atoms with Crippen molar-refractivity contribution in [2.24, 2.45) is 0 Å². The van der Waals surface area contributed by atoms with Gasteiger partial charge in [0.15, 0.2) is 0 Å². The predicted octanol–water partition coefficient (Wildman–Crippen LogP) is 2.88. The molecule has 0 spiro atoms. The molecule has 1 aliphatic heterocycles. The van der Waals surface area contributed by atoms with Crippen LogP contribution in [0.15, 0.2) is 12.0 Å². The number of hydrogen-bond donors (Lipinski definition) is 0. The highest BCUT2D eigenvalue weighted by Crippen LogP contribution is 2.16. The normalized spacial score (nSPS) is 19.1. The van der Waals surface area contributed by atoms with Gasteiger partial charge in [0.25, 0.3) is 5.95 Å². The number of rotatable bonds is 2. The first kappa shape index (κ1) is 9.64. The van der Waals surface area contributed by atoms with Crippen molar-refractivity contribution in [3.63, 3.8) is 0 Å². The van der Waals surface area contributed by atoms with E-state index < -0.39 is 8.32 Å². The van der Waals surface area contributed by atoms with Gasteiger partial charge in [0, 0.05) is 0 Å². The Labute approximate surface area is 75.7 Å². The maximum absolute atomic E-state index is 5.74. The van der Waals surface area contributed by atoms with E-state index in [1.165, 1.54) is 6.42 Å². The molecule has 0 radical (unpaired) electrons. The van der Waals surface area contributed by atoms with Crippen molar-refractivity contribution in [2.75, 3.05) is 6.61 Å². The van der Waals surface area contributed by atoms with Crippen LogP contribution in [0.5, 0.6) is 0 Å². The Balaban J connectivity index is 2.44. The van der Waals surface area contributed by atoms with E-state index in [1.807, 2.05) is 0 Å². The van der Waals surface area contributed by atoms with Gasteiger partial charge in [0.2, 0.25) is 8.32 Å². The zero-order chi connectivity index (χ0) is 9.03. The molecular formula is C9H18O2Si. The largest absolute Gasteiger partial charge is 0.520 e. The first-order valence-electron chi connectivity index (χ1n) is 4.60. The van der Waals surface area contributed by atoms with Crippen LogP contribution in [0.1, 0.15) is 19.3 Å². The molecule has 0 bridgehead atoms. The van der Waals surface area contributed by atoms with Crippen LogP contribution < -0.4 is 0 Å². The van der Waals surface area contributed by atoms with Crippen LogP contribution in [0.3, 0.4) is 0 Å². The summed E-state index contributed by atoms with van der Waals surface area (Å²) in [5, 5.41) is 0. The molecule has 0 amide bonds. The molecule has 1 rings (SSSR count). The Bertz CT molecular complexity index is 170. The van der Waals surface area contributed by atoms with Crippen molar-refractivity contribution >= 4 is 8.32 Å². The fourth-order valence-corrected chi connectivity index (χ4v) is 1.82. The van der Waals surface area contributed by atoms with Gasteiger partial charge in [-0.05, 0) is 45.0 Å². The lowest BCUT2D eigenvalue weighted by atomic mass is 10.2. The molecule has 12 heavy (non-hydrogen) atoms. The summed E-state index contributed by atoms with van der Waals surface area (Å²) in [6.07, 6.45) is 5.54. The molecule has 70 valence electrons. The van der Waals surface area contributed by atoms with E-state index in [2.05, 4.69) is 25.7 Å². The average molecular weight is 186 g/mol. The highest BCUT2D eigenvalue weighted by Gasteiger charge is 2.18. The molecule has 0 unspecified atom stereocenters. The van der Waals surface area contributed by atoms with Crippen LogP contribution in [0.25, 0.3) is 0 Å². The minimum atomic E-state index is -1.46. The molecule has 0 aliphatic carbocycles. The van der Waals surface area contributed by atoms with E-state index >= 15 is 0 Å². The molecular weight excluding hydrogens is 168 g/mol. The Morgan fingerprint density at radius 3 is 2.75 bits per heavy atom. The van der Waals surface area contributed by atoms with Crippen molar-refractivity contribution < 1.29 is 9.16 Å². The lowest BCUT2D eigenvalue weighted by Gasteiger charge is -2.20. The van der Waals surface area contributed by atoms with E-state index in [-0.39, 0.29) is 0 Å². The van der Waals surface area contributed by atoms with Gasteiger partial charge in [-0.25, -0.2) is 0 Å². The second kappa shape index (κ2) is 3.98. The third-order valence-corrected chi connectivity index (χ3v) is 2.37. The maximum Gasteiger partial charge on any atom is 0.261 e. The minimum absolute atomic E-state index is 0.770. The van der Waals surface area contributed by atoms with Crippen LogP contribution in [0.4, 0.5) is 0 Å². The molecule has 0 atom stereocenters. The van der Waals surface area contributed by atoms with Gasteiger partial charge < -0.3 is 9.16 Å². The Hall–Kier alpha value is -0.443. The maximum atomic E-state index is 5.74. The van der Waals surface area contributed by atoms with Crippen LogP contribution in [-0.4, -0.2) is 14.9 Å². The molecule has 0 N–H and O–H groups in total. The summed E-state index contributed by atoms with van der Waals surface area (Å²) in [6, 6.07) is 0. The molecule has 0 saturated heterocycles. The van der Waals surface area contributed by atoms with Gasteiger partial charge in [-0.2, -0.15) is 0 Å². The van der Waals surface area contributed by atoms with Crippen LogP contribution in [-0.2, 0) is 9.16 Å². The van der Waals surface area contributed by atoms with Crippen molar-refractivity contribution in [2.45, 2.75) is 38.9 Å². The molecule has 2 nitrogen and oxygen atoms in total. The van der Waals surface area contributed by atoms with Crippen molar-refractivity contribution in [1.82, 2.24) is 0 Å².